The van der Waals surface area contributed by atoms with Crippen molar-refractivity contribution in [1.29, 1.82) is 0 Å². The number of aromatic nitrogens is 2. The summed E-state index contributed by atoms with van der Waals surface area (Å²) in [4.78, 5) is 14.7. The number of nitrogen functional groups attached to an aromatic ring is 1. The molecule has 15 heavy (non-hydrogen) atoms. The molecule has 1 heterocycles. The lowest BCUT2D eigenvalue weighted by Gasteiger charge is -2.07. The highest BCUT2D eigenvalue weighted by Gasteiger charge is 2.02. The van der Waals surface area contributed by atoms with Crippen molar-refractivity contribution in [2.75, 3.05) is 5.73 Å². The first-order valence-corrected chi connectivity index (χ1v) is 5.06. The molecule has 76 valence electrons. The van der Waals surface area contributed by atoms with Crippen molar-refractivity contribution in [3.63, 3.8) is 0 Å². The van der Waals surface area contributed by atoms with Crippen LogP contribution in [0.5, 0.6) is 0 Å². The smallest absolute Gasteiger partial charge is 0.295 e. The van der Waals surface area contributed by atoms with E-state index in [2.05, 4.69) is 20.9 Å². The molecular weight excluding hydrogens is 258 g/mol. The van der Waals surface area contributed by atoms with Gasteiger partial charge in [0.1, 0.15) is 12.0 Å². The molecule has 1 aromatic heterocycles. The van der Waals surface area contributed by atoms with Gasteiger partial charge in [0.2, 0.25) is 0 Å². The van der Waals surface area contributed by atoms with E-state index in [0.717, 1.165) is 10.2 Å². The maximum atomic E-state index is 11.0. The lowest BCUT2D eigenvalue weighted by Crippen LogP contribution is -2.14. The molecule has 2 rings (SSSR count). The van der Waals surface area contributed by atoms with E-state index in [1.807, 2.05) is 24.3 Å². The Labute approximate surface area is 94.5 Å². The summed E-state index contributed by atoms with van der Waals surface area (Å²) in [6.07, 6.45) is 2.99. The number of anilines is 1. The van der Waals surface area contributed by atoms with Gasteiger partial charge in [0.05, 0.1) is 5.69 Å². The summed E-state index contributed by atoms with van der Waals surface area (Å²) in [5.74, 6) is 0. The Morgan fingerprint density at radius 1 is 1.33 bits per heavy atom. The van der Waals surface area contributed by atoms with Gasteiger partial charge in [-0.1, -0.05) is 12.1 Å². The van der Waals surface area contributed by atoms with E-state index >= 15 is 0 Å². The number of halogens is 1. The van der Waals surface area contributed by atoms with Gasteiger partial charge >= 0.3 is 0 Å². The second-order valence-corrected chi connectivity index (χ2v) is 3.85. The van der Waals surface area contributed by atoms with Gasteiger partial charge < -0.3 is 10.3 Å². The summed E-state index contributed by atoms with van der Waals surface area (Å²) in [7, 11) is 0. The molecule has 0 saturated heterocycles. The molecule has 0 radical (unpaired) electrons. The number of benzene rings is 1. The summed E-state index contributed by atoms with van der Waals surface area (Å²) in [5, 5.41) is 0. The maximum Gasteiger partial charge on any atom is 0.295 e. The van der Waals surface area contributed by atoms with Crippen LogP contribution in [0.1, 0.15) is 0 Å². The first kappa shape index (κ1) is 9.92. The number of nitrogens with two attached hydrogens (primary N) is 1. The van der Waals surface area contributed by atoms with E-state index in [1.165, 1.54) is 6.33 Å². The molecule has 0 aliphatic carbocycles. The van der Waals surface area contributed by atoms with Crippen LogP contribution in [0.3, 0.4) is 0 Å². The third-order valence-electron chi connectivity index (χ3n) is 1.96. The molecule has 0 aliphatic heterocycles. The van der Waals surface area contributed by atoms with Crippen LogP contribution < -0.4 is 11.3 Å². The van der Waals surface area contributed by atoms with Crippen LogP contribution in [0.4, 0.5) is 5.69 Å². The molecule has 0 spiro atoms. The van der Waals surface area contributed by atoms with Crippen LogP contribution in [-0.2, 0) is 0 Å². The van der Waals surface area contributed by atoms with Crippen molar-refractivity contribution < 1.29 is 0 Å². The molecule has 4 nitrogen and oxygen atoms in total. The zero-order chi connectivity index (χ0) is 10.8. The fourth-order valence-electron chi connectivity index (χ4n) is 1.22. The number of hydrogen-bond acceptors (Lipinski definition) is 3. The van der Waals surface area contributed by atoms with Crippen molar-refractivity contribution in [1.82, 2.24) is 9.55 Å². The Hall–Kier alpha value is -1.62. The molecule has 0 unspecified atom stereocenters. The second kappa shape index (κ2) is 3.86. The average molecular weight is 266 g/mol. The molecule has 0 bridgehead atoms. The Kier molecular flexibility index (Phi) is 2.55. The van der Waals surface area contributed by atoms with Crippen LogP contribution in [0.15, 0.2) is 46.1 Å². The summed E-state index contributed by atoms with van der Waals surface area (Å²) in [5.41, 5.74) is 6.11. The van der Waals surface area contributed by atoms with Gasteiger partial charge in [-0.2, -0.15) is 4.98 Å². The maximum absolute atomic E-state index is 11.0. The van der Waals surface area contributed by atoms with E-state index in [0.29, 0.717) is 0 Å². The molecule has 0 aliphatic rings. The van der Waals surface area contributed by atoms with E-state index < -0.39 is 5.56 Å². The summed E-state index contributed by atoms with van der Waals surface area (Å²) in [6.45, 7) is 0. The van der Waals surface area contributed by atoms with Crippen molar-refractivity contribution in [2.24, 2.45) is 0 Å². The Bertz CT molecular complexity index is 550. The molecule has 0 atom stereocenters. The van der Waals surface area contributed by atoms with Crippen LogP contribution >= 0.6 is 15.9 Å². The molecule has 1 aromatic carbocycles. The van der Waals surface area contributed by atoms with Crippen LogP contribution in [0, 0.1) is 0 Å². The predicted molar refractivity (Wildman–Crippen MR) is 61.9 cm³/mol. The zero-order valence-electron chi connectivity index (χ0n) is 7.72. The first-order chi connectivity index (χ1) is 7.18. The van der Waals surface area contributed by atoms with Gasteiger partial charge in [-0.05, 0) is 28.1 Å². The lowest BCUT2D eigenvalue weighted by molar-refractivity contribution is 0.963. The first-order valence-electron chi connectivity index (χ1n) is 4.27. The highest BCUT2D eigenvalue weighted by atomic mass is 79.9. The van der Waals surface area contributed by atoms with Gasteiger partial charge in [-0.15, -0.1) is 0 Å². The van der Waals surface area contributed by atoms with Crippen molar-refractivity contribution in [3.8, 4) is 5.69 Å². The largest absolute Gasteiger partial charge is 0.393 e. The minimum Gasteiger partial charge on any atom is -0.393 e. The molecule has 5 heteroatoms. The fourth-order valence-corrected chi connectivity index (χ4v) is 1.71. The monoisotopic (exact) mass is 265 g/mol. The molecule has 0 amide bonds. The Morgan fingerprint density at radius 2 is 2.07 bits per heavy atom. The van der Waals surface area contributed by atoms with Crippen LogP contribution in [-0.4, -0.2) is 9.55 Å². The van der Waals surface area contributed by atoms with Crippen molar-refractivity contribution in [2.45, 2.75) is 0 Å². The zero-order valence-corrected chi connectivity index (χ0v) is 9.31. The molecule has 0 saturated carbocycles. The minimum atomic E-state index is -0.404. The Morgan fingerprint density at radius 3 is 2.73 bits per heavy atom. The minimum absolute atomic E-state index is 0.133. The lowest BCUT2D eigenvalue weighted by atomic mass is 10.3. The summed E-state index contributed by atoms with van der Waals surface area (Å²) in [6, 6.07) is 7.61. The normalized spacial score (nSPS) is 10.2. The molecular formula is C10H8BrN3O. The second-order valence-electron chi connectivity index (χ2n) is 2.99. The highest BCUT2D eigenvalue weighted by Crippen LogP contribution is 2.19. The molecule has 0 fully saturated rings. The standard InChI is InChI=1S/C10H8BrN3O/c11-7-3-1-2-4-9(7)14-5-8(12)10(15)13-6-14/h1-6H,12H2. The van der Waals surface area contributed by atoms with Crippen molar-refractivity contribution in [3.05, 3.63) is 51.6 Å². The van der Waals surface area contributed by atoms with Gasteiger partial charge in [0.15, 0.2) is 0 Å². The van der Waals surface area contributed by atoms with Gasteiger partial charge in [0, 0.05) is 10.7 Å². The van der Waals surface area contributed by atoms with Crippen LogP contribution in [0.2, 0.25) is 0 Å². The van der Waals surface area contributed by atoms with E-state index in [1.54, 1.807) is 10.8 Å². The summed E-state index contributed by atoms with van der Waals surface area (Å²) >= 11 is 3.41. The number of hydrogen-bond donors (Lipinski definition) is 1. The van der Waals surface area contributed by atoms with Crippen molar-refractivity contribution >= 4 is 21.6 Å². The average Bonchev–Trinajstić information content (AvgIpc) is 2.23. The van der Waals surface area contributed by atoms with Gasteiger partial charge in [-0.25, -0.2) is 0 Å². The topological polar surface area (TPSA) is 60.9 Å². The summed E-state index contributed by atoms with van der Waals surface area (Å²) < 4.78 is 2.61. The van der Waals surface area contributed by atoms with E-state index in [4.69, 9.17) is 5.73 Å². The third kappa shape index (κ3) is 1.92. The number of nitrogens with zero attached hydrogens (tertiary/aromatic N) is 2. The third-order valence-corrected chi connectivity index (χ3v) is 2.63. The quantitative estimate of drug-likeness (QED) is 0.852. The van der Waals surface area contributed by atoms with Gasteiger partial charge in [0.25, 0.3) is 5.56 Å². The number of rotatable bonds is 1. The molecule has 2 N–H and O–H groups in total. The predicted octanol–water partition coefficient (Wildman–Crippen LogP) is 1.58. The van der Waals surface area contributed by atoms with E-state index in [-0.39, 0.29) is 5.69 Å². The highest BCUT2D eigenvalue weighted by molar-refractivity contribution is 9.10. The SMILES string of the molecule is Nc1cn(-c2ccccc2Br)cnc1=O. The fraction of sp³-hybridized carbons (Fsp3) is 0. The Balaban J connectivity index is 2.60. The molecule has 2 aromatic rings. The van der Waals surface area contributed by atoms with Gasteiger partial charge in [-0.3, -0.25) is 4.79 Å². The number of para-hydroxylation sites is 1. The van der Waals surface area contributed by atoms with Crippen LogP contribution in [0.25, 0.3) is 5.69 Å². The van der Waals surface area contributed by atoms with E-state index in [9.17, 15) is 4.79 Å².